The van der Waals surface area contributed by atoms with E-state index < -0.39 is 5.60 Å². The van der Waals surface area contributed by atoms with Gasteiger partial charge in [-0.05, 0) is 36.2 Å². The maximum atomic E-state index is 10.6. The number of hydrogen-bond acceptors (Lipinski definition) is 2. The first-order valence-electron chi connectivity index (χ1n) is 5.85. The van der Waals surface area contributed by atoms with Gasteiger partial charge >= 0.3 is 0 Å². The lowest BCUT2D eigenvalue weighted by molar-refractivity contribution is 0.0576. The number of halogens is 2. The molecule has 0 aliphatic carbocycles. The second kappa shape index (κ2) is 5.41. The zero-order valence-corrected chi connectivity index (χ0v) is 11.9. The quantitative estimate of drug-likeness (QED) is 0.893. The molecule has 0 fully saturated rings. The highest BCUT2D eigenvalue weighted by molar-refractivity contribution is 6.42. The fourth-order valence-electron chi connectivity index (χ4n) is 1.98. The standard InChI is InChI=1S/C15H14Cl2O2/c1-15(19,11-5-7-12(18)8-6-11)9-10-3-2-4-13(16)14(10)17/h2-8,18-19H,9H2,1H3. The number of aromatic hydroxyl groups is 1. The van der Waals surface area contributed by atoms with Crippen LogP contribution in [0.5, 0.6) is 5.75 Å². The van der Waals surface area contributed by atoms with E-state index in [1.54, 1.807) is 43.3 Å². The van der Waals surface area contributed by atoms with Gasteiger partial charge in [-0.3, -0.25) is 0 Å². The average Bonchev–Trinajstić information content (AvgIpc) is 2.35. The summed E-state index contributed by atoms with van der Waals surface area (Å²) in [5.74, 6) is 0.167. The number of benzene rings is 2. The van der Waals surface area contributed by atoms with Crippen LogP contribution in [0.2, 0.25) is 10.0 Å². The van der Waals surface area contributed by atoms with E-state index in [0.717, 1.165) is 5.56 Å². The monoisotopic (exact) mass is 296 g/mol. The number of phenols is 1. The molecule has 0 amide bonds. The van der Waals surface area contributed by atoms with Crippen LogP contribution < -0.4 is 0 Å². The Morgan fingerprint density at radius 3 is 2.32 bits per heavy atom. The van der Waals surface area contributed by atoms with Crippen molar-refractivity contribution in [3.05, 3.63) is 63.6 Å². The van der Waals surface area contributed by atoms with E-state index in [4.69, 9.17) is 23.2 Å². The van der Waals surface area contributed by atoms with Gasteiger partial charge in [0, 0.05) is 6.42 Å². The molecule has 0 heterocycles. The Balaban J connectivity index is 2.30. The van der Waals surface area contributed by atoms with Crippen molar-refractivity contribution < 1.29 is 10.2 Å². The van der Waals surface area contributed by atoms with E-state index in [1.165, 1.54) is 0 Å². The predicted molar refractivity (Wildman–Crippen MR) is 77.8 cm³/mol. The molecule has 0 aliphatic rings. The van der Waals surface area contributed by atoms with Crippen LogP contribution >= 0.6 is 23.2 Å². The van der Waals surface area contributed by atoms with Crippen LogP contribution in [-0.2, 0) is 12.0 Å². The average molecular weight is 297 g/mol. The van der Waals surface area contributed by atoms with E-state index >= 15 is 0 Å². The van der Waals surface area contributed by atoms with E-state index in [1.807, 2.05) is 6.07 Å². The van der Waals surface area contributed by atoms with E-state index in [0.29, 0.717) is 22.0 Å². The summed E-state index contributed by atoms with van der Waals surface area (Å²) in [6.07, 6.45) is 0.344. The molecule has 2 aromatic rings. The molecule has 0 saturated carbocycles. The molecule has 0 bridgehead atoms. The predicted octanol–water partition coefficient (Wildman–Crippen LogP) is 4.15. The second-order valence-electron chi connectivity index (χ2n) is 4.71. The van der Waals surface area contributed by atoms with Crippen LogP contribution in [0.15, 0.2) is 42.5 Å². The molecule has 2 nitrogen and oxygen atoms in total. The van der Waals surface area contributed by atoms with Gasteiger partial charge in [0.25, 0.3) is 0 Å². The fraction of sp³-hybridized carbons (Fsp3) is 0.200. The van der Waals surface area contributed by atoms with Crippen LogP contribution in [0, 0.1) is 0 Å². The van der Waals surface area contributed by atoms with Crippen molar-refractivity contribution in [2.45, 2.75) is 18.9 Å². The van der Waals surface area contributed by atoms with Crippen molar-refractivity contribution in [3.8, 4) is 5.75 Å². The molecule has 1 atom stereocenters. The van der Waals surface area contributed by atoms with Crippen molar-refractivity contribution >= 4 is 23.2 Å². The van der Waals surface area contributed by atoms with Crippen molar-refractivity contribution in [1.29, 1.82) is 0 Å². The zero-order valence-electron chi connectivity index (χ0n) is 10.4. The molecule has 0 radical (unpaired) electrons. The van der Waals surface area contributed by atoms with E-state index in [9.17, 15) is 10.2 Å². The summed E-state index contributed by atoms with van der Waals surface area (Å²) in [7, 11) is 0. The Morgan fingerprint density at radius 1 is 1.05 bits per heavy atom. The lowest BCUT2D eigenvalue weighted by Gasteiger charge is -2.24. The summed E-state index contributed by atoms with van der Waals surface area (Å²) in [5, 5.41) is 20.8. The molecule has 0 saturated heterocycles. The number of aliphatic hydroxyl groups is 1. The summed E-state index contributed by atoms with van der Waals surface area (Å²) >= 11 is 12.1. The molecule has 2 aromatic carbocycles. The summed E-state index contributed by atoms with van der Waals surface area (Å²) in [6, 6.07) is 11.8. The largest absolute Gasteiger partial charge is 0.508 e. The third kappa shape index (κ3) is 3.21. The first-order valence-corrected chi connectivity index (χ1v) is 6.60. The van der Waals surface area contributed by atoms with Crippen molar-refractivity contribution in [2.75, 3.05) is 0 Å². The summed E-state index contributed by atoms with van der Waals surface area (Å²) in [6.45, 7) is 1.70. The molecule has 2 rings (SSSR count). The lowest BCUT2D eigenvalue weighted by Crippen LogP contribution is -2.24. The highest BCUT2D eigenvalue weighted by Gasteiger charge is 2.25. The van der Waals surface area contributed by atoms with E-state index in [2.05, 4.69) is 0 Å². The maximum absolute atomic E-state index is 10.6. The number of rotatable bonds is 3. The molecule has 1 unspecified atom stereocenters. The Morgan fingerprint density at radius 2 is 1.68 bits per heavy atom. The Labute approximate surface area is 122 Å². The first kappa shape index (κ1) is 14.2. The molecular formula is C15H14Cl2O2. The van der Waals surface area contributed by atoms with Gasteiger partial charge in [-0.15, -0.1) is 0 Å². The topological polar surface area (TPSA) is 40.5 Å². The number of phenolic OH excluding ortho intramolecular Hbond substituents is 1. The van der Waals surface area contributed by atoms with Crippen LogP contribution in [0.3, 0.4) is 0 Å². The summed E-state index contributed by atoms with van der Waals surface area (Å²) in [5.41, 5.74) is 0.413. The molecular weight excluding hydrogens is 283 g/mol. The minimum absolute atomic E-state index is 0.167. The van der Waals surface area contributed by atoms with Gasteiger partial charge in [0.15, 0.2) is 0 Å². The Bertz CT molecular complexity index is 577. The molecule has 100 valence electrons. The van der Waals surface area contributed by atoms with Crippen molar-refractivity contribution in [1.82, 2.24) is 0 Å². The van der Waals surface area contributed by atoms with Crippen molar-refractivity contribution in [2.24, 2.45) is 0 Å². The Hall–Kier alpha value is -1.22. The van der Waals surface area contributed by atoms with Gasteiger partial charge in [-0.2, -0.15) is 0 Å². The highest BCUT2D eigenvalue weighted by atomic mass is 35.5. The van der Waals surface area contributed by atoms with Gasteiger partial charge < -0.3 is 10.2 Å². The zero-order chi connectivity index (χ0) is 14.0. The molecule has 2 N–H and O–H groups in total. The molecule has 0 aliphatic heterocycles. The highest BCUT2D eigenvalue weighted by Crippen LogP contribution is 2.32. The van der Waals surface area contributed by atoms with Gasteiger partial charge in [0.1, 0.15) is 5.75 Å². The SMILES string of the molecule is CC(O)(Cc1cccc(Cl)c1Cl)c1ccc(O)cc1. The smallest absolute Gasteiger partial charge is 0.115 e. The van der Waals surface area contributed by atoms with Gasteiger partial charge in [-0.1, -0.05) is 47.5 Å². The van der Waals surface area contributed by atoms with Crippen LogP contribution in [0.1, 0.15) is 18.1 Å². The normalized spacial score (nSPS) is 14.1. The summed E-state index contributed by atoms with van der Waals surface area (Å²) in [4.78, 5) is 0. The van der Waals surface area contributed by atoms with Crippen LogP contribution in [0.4, 0.5) is 0 Å². The summed E-state index contributed by atoms with van der Waals surface area (Å²) < 4.78 is 0. The van der Waals surface area contributed by atoms with Gasteiger partial charge in [0.05, 0.1) is 15.6 Å². The minimum atomic E-state index is -1.08. The number of hydrogen-bond donors (Lipinski definition) is 2. The molecule has 0 spiro atoms. The first-order chi connectivity index (χ1) is 8.90. The maximum Gasteiger partial charge on any atom is 0.115 e. The fourth-order valence-corrected chi connectivity index (χ4v) is 2.37. The van der Waals surface area contributed by atoms with Crippen molar-refractivity contribution in [3.63, 3.8) is 0 Å². The molecule has 0 aromatic heterocycles. The minimum Gasteiger partial charge on any atom is -0.508 e. The lowest BCUT2D eigenvalue weighted by atomic mass is 9.89. The second-order valence-corrected chi connectivity index (χ2v) is 5.50. The van der Waals surface area contributed by atoms with Crippen LogP contribution in [0.25, 0.3) is 0 Å². The third-order valence-electron chi connectivity index (χ3n) is 3.06. The van der Waals surface area contributed by atoms with Crippen LogP contribution in [-0.4, -0.2) is 10.2 Å². The van der Waals surface area contributed by atoms with Gasteiger partial charge in [0.2, 0.25) is 0 Å². The van der Waals surface area contributed by atoms with E-state index in [-0.39, 0.29) is 5.75 Å². The molecule has 4 heteroatoms. The Kier molecular flexibility index (Phi) is 4.04. The molecule has 19 heavy (non-hydrogen) atoms. The van der Waals surface area contributed by atoms with Gasteiger partial charge in [-0.25, -0.2) is 0 Å². The third-order valence-corrected chi connectivity index (χ3v) is 3.91.